The van der Waals surface area contributed by atoms with Gasteiger partial charge in [0, 0.05) is 25.2 Å². The first kappa shape index (κ1) is 13.3. The van der Waals surface area contributed by atoms with E-state index in [1.807, 2.05) is 24.9 Å². The van der Waals surface area contributed by atoms with Crippen LogP contribution in [0.4, 0.5) is 5.82 Å². The molecule has 1 atom stereocenters. The molecular weight excluding hydrogens is 220 g/mol. The van der Waals surface area contributed by atoms with Crippen molar-refractivity contribution in [1.29, 1.82) is 0 Å². The number of anilines is 1. The molecule has 0 aliphatic rings. The highest BCUT2D eigenvalue weighted by atomic mass is 32.2. The molecule has 1 aromatic rings. The van der Waals surface area contributed by atoms with Crippen molar-refractivity contribution in [3.63, 3.8) is 0 Å². The molecular formula is C11H20N4S. The molecule has 0 saturated carbocycles. The molecule has 1 rings (SSSR count). The van der Waals surface area contributed by atoms with Crippen LogP contribution in [0.1, 0.15) is 18.9 Å². The number of nitrogens with two attached hydrogens (primary N) is 1. The Morgan fingerprint density at radius 1 is 1.56 bits per heavy atom. The molecule has 90 valence electrons. The zero-order chi connectivity index (χ0) is 12.0. The molecule has 0 fully saturated rings. The van der Waals surface area contributed by atoms with E-state index in [0.29, 0.717) is 12.6 Å². The summed E-state index contributed by atoms with van der Waals surface area (Å²) in [5.41, 5.74) is 6.74. The first-order valence-corrected chi connectivity index (χ1v) is 6.82. The van der Waals surface area contributed by atoms with E-state index in [4.69, 9.17) is 5.73 Å². The zero-order valence-electron chi connectivity index (χ0n) is 10.2. The van der Waals surface area contributed by atoms with Crippen molar-refractivity contribution in [2.24, 2.45) is 5.73 Å². The highest BCUT2D eigenvalue weighted by Crippen LogP contribution is 2.18. The minimum Gasteiger partial charge on any atom is -0.355 e. The lowest BCUT2D eigenvalue weighted by atomic mass is 10.2. The Morgan fingerprint density at radius 2 is 2.31 bits per heavy atom. The number of rotatable bonds is 6. The summed E-state index contributed by atoms with van der Waals surface area (Å²) in [5, 5.41) is 8.09. The topological polar surface area (TPSA) is 55.0 Å². The average molecular weight is 240 g/mol. The molecule has 0 saturated heterocycles. The highest BCUT2D eigenvalue weighted by molar-refractivity contribution is 7.98. The van der Waals surface area contributed by atoms with E-state index in [-0.39, 0.29) is 0 Å². The van der Waals surface area contributed by atoms with Gasteiger partial charge in [0.1, 0.15) is 0 Å². The van der Waals surface area contributed by atoms with E-state index in [9.17, 15) is 0 Å². The molecule has 5 heteroatoms. The largest absolute Gasteiger partial charge is 0.355 e. The number of nitrogens with zero attached hydrogens (tertiary/aromatic N) is 3. The molecule has 0 spiro atoms. The van der Waals surface area contributed by atoms with Gasteiger partial charge in [-0.25, -0.2) is 0 Å². The van der Waals surface area contributed by atoms with Gasteiger partial charge in [-0.05, 0) is 31.4 Å². The second-order valence-corrected chi connectivity index (χ2v) is 4.81. The molecule has 1 heterocycles. The monoisotopic (exact) mass is 240 g/mol. The standard InChI is InChI=1S/C11H20N4S/c1-9(5-7-16-3)15(2)11-10(8-12)4-6-13-14-11/h4,6,9H,5,7-8,12H2,1-3H3. The zero-order valence-corrected chi connectivity index (χ0v) is 11.0. The second kappa shape index (κ2) is 6.70. The van der Waals surface area contributed by atoms with Gasteiger partial charge >= 0.3 is 0 Å². The summed E-state index contributed by atoms with van der Waals surface area (Å²) in [5.74, 6) is 2.06. The molecule has 0 amide bonds. The lowest BCUT2D eigenvalue weighted by Gasteiger charge is -2.26. The molecule has 1 unspecified atom stereocenters. The Balaban J connectivity index is 2.74. The van der Waals surface area contributed by atoms with Gasteiger partial charge in [0.15, 0.2) is 5.82 Å². The SMILES string of the molecule is CSCCC(C)N(C)c1nnccc1CN. The van der Waals surface area contributed by atoms with E-state index in [1.54, 1.807) is 6.20 Å². The number of hydrogen-bond donors (Lipinski definition) is 1. The summed E-state index contributed by atoms with van der Waals surface area (Å²) in [6.45, 7) is 2.70. The first-order chi connectivity index (χ1) is 7.70. The van der Waals surface area contributed by atoms with E-state index in [2.05, 4.69) is 28.3 Å². The van der Waals surface area contributed by atoms with Crippen LogP contribution in [0.2, 0.25) is 0 Å². The summed E-state index contributed by atoms with van der Waals surface area (Å²) in [4.78, 5) is 2.16. The molecule has 0 aromatic carbocycles. The van der Waals surface area contributed by atoms with Crippen LogP contribution in [0.5, 0.6) is 0 Å². The average Bonchev–Trinajstić information content (AvgIpc) is 2.34. The molecule has 0 bridgehead atoms. The van der Waals surface area contributed by atoms with Gasteiger partial charge in [0.05, 0.1) is 6.20 Å². The first-order valence-electron chi connectivity index (χ1n) is 5.43. The molecule has 0 aliphatic heterocycles. The van der Waals surface area contributed by atoms with Crippen molar-refractivity contribution in [3.05, 3.63) is 17.8 Å². The van der Waals surface area contributed by atoms with Crippen LogP contribution in [0.15, 0.2) is 12.3 Å². The minimum atomic E-state index is 0.453. The van der Waals surface area contributed by atoms with E-state index < -0.39 is 0 Å². The van der Waals surface area contributed by atoms with Crippen LogP contribution >= 0.6 is 11.8 Å². The van der Waals surface area contributed by atoms with Crippen molar-refractivity contribution in [3.8, 4) is 0 Å². The van der Waals surface area contributed by atoms with Crippen LogP contribution < -0.4 is 10.6 Å². The van der Waals surface area contributed by atoms with Crippen molar-refractivity contribution in [2.45, 2.75) is 25.9 Å². The molecule has 2 N–H and O–H groups in total. The Bertz CT molecular complexity index is 319. The molecule has 0 aliphatic carbocycles. The van der Waals surface area contributed by atoms with Crippen LogP contribution in [0.3, 0.4) is 0 Å². The van der Waals surface area contributed by atoms with Crippen LogP contribution in [-0.4, -0.2) is 35.3 Å². The Hall–Kier alpha value is -0.810. The lowest BCUT2D eigenvalue weighted by molar-refractivity contribution is 0.653. The highest BCUT2D eigenvalue weighted by Gasteiger charge is 2.14. The van der Waals surface area contributed by atoms with Crippen LogP contribution in [-0.2, 0) is 6.54 Å². The van der Waals surface area contributed by atoms with E-state index in [0.717, 1.165) is 23.6 Å². The maximum Gasteiger partial charge on any atom is 0.155 e. The van der Waals surface area contributed by atoms with Crippen LogP contribution in [0, 0.1) is 0 Å². The third kappa shape index (κ3) is 3.35. The van der Waals surface area contributed by atoms with Gasteiger partial charge in [0.2, 0.25) is 0 Å². The van der Waals surface area contributed by atoms with E-state index >= 15 is 0 Å². The van der Waals surface area contributed by atoms with Crippen molar-refractivity contribution in [1.82, 2.24) is 10.2 Å². The second-order valence-electron chi connectivity index (χ2n) is 3.83. The summed E-state index contributed by atoms with van der Waals surface area (Å²) < 4.78 is 0. The number of aromatic nitrogens is 2. The van der Waals surface area contributed by atoms with Gasteiger partial charge < -0.3 is 10.6 Å². The fraction of sp³-hybridized carbons (Fsp3) is 0.636. The summed E-state index contributed by atoms with van der Waals surface area (Å²) in [7, 11) is 2.05. The van der Waals surface area contributed by atoms with Crippen LogP contribution in [0.25, 0.3) is 0 Å². The molecule has 1 aromatic heterocycles. The summed E-state index contributed by atoms with van der Waals surface area (Å²) >= 11 is 1.87. The summed E-state index contributed by atoms with van der Waals surface area (Å²) in [6.07, 6.45) is 4.95. The Kier molecular flexibility index (Phi) is 5.55. The van der Waals surface area contributed by atoms with Gasteiger partial charge in [-0.3, -0.25) is 0 Å². The van der Waals surface area contributed by atoms with E-state index in [1.165, 1.54) is 0 Å². The number of thioether (sulfide) groups is 1. The van der Waals surface area contributed by atoms with Gasteiger partial charge in [-0.2, -0.15) is 16.9 Å². The minimum absolute atomic E-state index is 0.453. The quantitative estimate of drug-likeness (QED) is 0.817. The molecule has 16 heavy (non-hydrogen) atoms. The van der Waals surface area contributed by atoms with Gasteiger partial charge in [-0.1, -0.05) is 0 Å². The fourth-order valence-corrected chi connectivity index (χ4v) is 2.07. The third-order valence-corrected chi connectivity index (χ3v) is 3.38. The van der Waals surface area contributed by atoms with Crippen molar-refractivity contribution >= 4 is 17.6 Å². The Morgan fingerprint density at radius 3 is 2.94 bits per heavy atom. The molecule has 4 nitrogen and oxygen atoms in total. The fourth-order valence-electron chi connectivity index (χ4n) is 1.50. The summed E-state index contributed by atoms with van der Waals surface area (Å²) in [6, 6.07) is 2.38. The van der Waals surface area contributed by atoms with Crippen molar-refractivity contribution in [2.75, 3.05) is 24.0 Å². The maximum atomic E-state index is 5.69. The third-order valence-electron chi connectivity index (χ3n) is 2.74. The molecule has 0 radical (unpaired) electrons. The lowest BCUT2D eigenvalue weighted by Crippen LogP contribution is -2.31. The van der Waals surface area contributed by atoms with Gasteiger partial charge in [0.25, 0.3) is 0 Å². The number of hydrogen-bond acceptors (Lipinski definition) is 5. The van der Waals surface area contributed by atoms with Gasteiger partial charge in [-0.15, -0.1) is 5.10 Å². The van der Waals surface area contributed by atoms with Crippen molar-refractivity contribution < 1.29 is 0 Å². The maximum absolute atomic E-state index is 5.69. The predicted molar refractivity (Wildman–Crippen MR) is 70.8 cm³/mol. The smallest absolute Gasteiger partial charge is 0.155 e. The normalized spacial score (nSPS) is 12.5. The predicted octanol–water partition coefficient (Wildman–Crippen LogP) is 1.51. The Labute approximate surface area is 102 Å².